The number of nitrogens with zero attached hydrogens (tertiary/aromatic N) is 1. The van der Waals surface area contributed by atoms with E-state index in [1.807, 2.05) is 0 Å². The molecular formula is C11H11N3O4. The summed E-state index contributed by atoms with van der Waals surface area (Å²) in [7, 11) is 0. The summed E-state index contributed by atoms with van der Waals surface area (Å²) in [6.45, 7) is 0.617. The quantitative estimate of drug-likeness (QED) is 0.669. The van der Waals surface area contributed by atoms with Crippen LogP contribution in [-0.2, 0) is 4.79 Å². The first-order valence-corrected chi connectivity index (χ1v) is 5.56. The Hall–Kier alpha value is -2.31. The first-order chi connectivity index (χ1) is 8.61. The van der Waals surface area contributed by atoms with Crippen molar-refractivity contribution in [2.75, 3.05) is 13.1 Å². The highest BCUT2D eigenvalue weighted by atomic mass is 16.3. The predicted octanol–water partition coefficient (Wildman–Crippen LogP) is -0.296. The average Bonchev–Trinajstić information content (AvgIpc) is 3.01. The second kappa shape index (κ2) is 3.59. The van der Waals surface area contributed by atoms with Crippen LogP contribution in [0.4, 0.5) is 4.79 Å². The number of amides is 4. The molecule has 3 rings (SSSR count). The van der Waals surface area contributed by atoms with Crippen LogP contribution >= 0.6 is 0 Å². The topological polar surface area (TPSA) is 91.7 Å². The molecule has 1 unspecified atom stereocenters. The molecule has 0 aliphatic carbocycles. The highest BCUT2D eigenvalue weighted by Crippen LogP contribution is 2.25. The van der Waals surface area contributed by atoms with Crippen molar-refractivity contribution < 1.29 is 18.8 Å². The van der Waals surface area contributed by atoms with Crippen molar-refractivity contribution in [1.29, 1.82) is 0 Å². The molecule has 1 aromatic heterocycles. The fourth-order valence-corrected chi connectivity index (χ4v) is 2.37. The fraction of sp³-hybridized carbons (Fsp3) is 0.364. The van der Waals surface area contributed by atoms with Crippen molar-refractivity contribution >= 4 is 17.8 Å². The summed E-state index contributed by atoms with van der Waals surface area (Å²) in [5.74, 6) is -0.565. The zero-order valence-electron chi connectivity index (χ0n) is 9.43. The van der Waals surface area contributed by atoms with Gasteiger partial charge in [0, 0.05) is 6.54 Å². The summed E-state index contributed by atoms with van der Waals surface area (Å²) in [6, 6.07) is 1.07. The Morgan fingerprint density at radius 2 is 2.28 bits per heavy atom. The van der Waals surface area contributed by atoms with Crippen molar-refractivity contribution in [1.82, 2.24) is 15.5 Å². The molecule has 2 aliphatic heterocycles. The van der Waals surface area contributed by atoms with Crippen LogP contribution in [0.15, 0.2) is 23.0 Å². The van der Waals surface area contributed by atoms with E-state index in [9.17, 15) is 14.4 Å². The summed E-state index contributed by atoms with van der Waals surface area (Å²) in [5, 5.41) is 4.79. The number of hydrogen-bond acceptors (Lipinski definition) is 4. The molecule has 94 valence electrons. The minimum absolute atomic E-state index is 0.189. The maximum Gasteiger partial charge on any atom is 0.322 e. The van der Waals surface area contributed by atoms with E-state index in [2.05, 4.69) is 10.6 Å². The lowest BCUT2D eigenvalue weighted by molar-refractivity contribution is -0.123. The average molecular weight is 249 g/mol. The molecule has 1 aromatic rings. The van der Waals surface area contributed by atoms with Crippen molar-refractivity contribution in [3.05, 3.63) is 24.2 Å². The molecule has 3 heterocycles. The van der Waals surface area contributed by atoms with Gasteiger partial charge in [0.1, 0.15) is 11.8 Å². The van der Waals surface area contributed by atoms with Crippen LogP contribution in [0.2, 0.25) is 0 Å². The van der Waals surface area contributed by atoms with Gasteiger partial charge in [0.25, 0.3) is 11.8 Å². The van der Waals surface area contributed by atoms with E-state index in [0.717, 1.165) is 0 Å². The highest BCUT2D eigenvalue weighted by molar-refractivity contribution is 6.08. The number of imide groups is 1. The minimum atomic E-state index is -0.962. The van der Waals surface area contributed by atoms with E-state index < -0.39 is 11.6 Å². The van der Waals surface area contributed by atoms with Crippen molar-refractivity contribution in [2.45, 2.75) is 12.0 Å². The minimum Gasteiger partial charge on any atom is -0.472 e. The number of carbonyl (C=O) groups excluding carboxylic acids is 3. The van der Waals surface area contributed by atoms with Crippen LogP contribution in [0.5, 0.6) is 0 Å². The fourth-order valence-electron chi connectivity index (χ4n) is 2.37. The lowest BCUT2D eigenvalue weighted by Crippen LogP contribution is -2.49. The summed E-state index contributed by atoms with van der Waals surface area (Å²) in [6.07, 6.45) is 3.21. The zero-order valence-corrected chi connectivity index (χ0v) is 9.43. The van der Waals surface area contributed by atoms with Gasteiger partial charge in [0.15, 0.2) is 0 Å². The van der Waals surface area contributed by atoms with Gasteiger partial charge in [-0.25, -0.2) is 4.79 Å². The predicted molar refractivity (Wildman–Crippen MR) is 58.6 cm³/mol. The standard InChI is InChI=1S/C11H11N3O4/c15-8(7-1-4-18-5-7)14-3-2-11(6-14)9(16)12-10(17)13-11/h1,4-5H,2-3,6H2,(H2,12,13,16,17). The van der Waals surface area contributed by atoms with Gasteiger partial charge in [-0.05, 0) is 12.5 Å². The Labute approximate surface area is 102 Å². The van der Waals surface area contributed by atoms with Crippen molar-refractivity contribution in [3.8, 4) is 0 Å². The first-order valence-electron chi connectivity index (χ1n) is 5.56. The Balaban J connectivity index is 1.78. The second-order valence-electron chi connectivity index (χ2n) is 4.48. The number of hydrogen-bond donors (Lipinski definition) is 2. The summed E-state index contributed by atoms with van der Waals surface area (Å²) < 4.78 is 4.85. The summed E-state index contributed by atoms with van der Waals surface area (Å²) in [5.41, 5.74) is -0.520. The lowest BCUT2D eigenvalue weighted by Gasteiger charge is -2.20. The number of nitrogens with one attached hydrogen (secondary N) is 2. The van der Waals surface area contributed by atoms with E-state index in [0.29, 0.717) is 18.5 Å². The first kappa shape index (κ1) is 10.8. The maximum absolute atomic E-state index is 12.1. The van der Waals surface area contributed by atoms with Gasteiger partial charge in [-0.1, -0.05) is 0 Å². The summed E-state index contributed by atoms with van der Waals surface area (Å²) in [4.78, 5) is 36.5. The number of rotatable bonds is 1. The number of likely N-dealkylation sites (tertiary alicyclic amines) is 1. The molecule has 2 aliphatic rings. The van der Waals surface area contributed by atoms with E-state index in [-0.39, 0.29) is 18.4 Å². The van der Waals surface area contributed by atoms with Gasteiger partial charge in [-0.3, -0.25) is 14.9 Å². The van der Waals surface area contributed by atoms with Gasteiger partial charge in [-0.2, -0.15) is 0 Å². The van der Waals surface area contributed by atoms with Crippen LogP contribution in [0.3, 0.4) is 0 Å². The van der Waals surface area contributed by atoms with E-state index in [1.165, 1.54) is 17.4 Å². The van der Waals surface area contributed by atoms with Crippen molar-refractivity contribution in [2.24, 2.45) is 0 Å². The Morgan fingerprint density at radius 3 is 2.89 bits per heavy atom. The molecule has 7 nitrogen and oxygen atoms in total. The lowest BCUT2D eigenvalue weighted by atomic mass is 9.99. The summed E-state index contributed by atoms with van der Waals surface area (Å²) >= 11 is 0. The molecule has 1 spiro atoms. The smallest absolute Gasteiger partial charge is 0.322 e. The molecule has 7 heteroatoms. The second-order valence-corrected chi connectivity index (χ2v) is 4.48. The van der Waals surface area contributed by atoms with Gasteiger partial charge < -0.3 is 14.6 Å². The zero-order chi connectivity index (χ0) is 12.8. The van der Waals surface area contributed by atoms with E-state index >= 15 is 0 Å². The maximum atomic E-state index is 12.1. The van der Waals surface area contributed by atoms with Gasteiger partial charge in [0.05, 0.1) is 18.4 Å². The molecular weight excluding hydrogens is 238 g/mol. The molecule has 0 saturated carbocycles. The molecule has 0 aromatic carbocycles. The Bertz CT molecular complexity index is 524. The number of furan rings is 1. The Morgan fingerprint density at radius 1 is 1.44 bits per heavy atom. The molecule has 2 saturated heterocycles. The van der Waals surface area contributed by atoms with Gasteiger partial charge >= 0.3 is 6.03 Å². The monoisotopic (exact) mass is 249 g/mol. The third-order valence-corrected chi connectivity index (χ3v) is 3.34. The SMILES string of the molecule is O=C1NC(=O)C2(CCN(C(=O)c3ccoc3)C2)N1. The molecule has 0 bridgehead atoms. The van der Waals surface area contributed by atoms with E-state index in [1.54, 1.807) is 6.07 Å². The molecule has 2 N–H and O–H groups in total. The van der Waals surface area contributed by atoms with Crippen LogP contribution in [-0.4, -0.2) is 41.4 Å². The number of urea groups is 1. The largest absolute Gasteiger partial charge is 0.472 e. The molecule has 18 heavy (non-hydrogen) atoms. The molecule has 4 amide bonds. The molecule has 1 atom stereocenters. The third-order valence-electron chi connectivity index (χ3n) is 3.34. The van der Waals surface area contributed by atoms with E-state index in [4.69, 9.17) is 4.42 Å². The van der Waals surface area contributed by atoms with Crippen LogP contribution < -0.4 is 10.6 Å². The van der Waals surface area contributed by atoms with Crippen molar-refractivity contribution in [3.63, 3.8) is 0 Å². The van der Waals surface area contributed by atoms with Gasteiger partial charge in [-0.15, -0.1) is 0 Å². The Kier molecular flexibility index (Phi) is 2.16. The molecule has 2 fully saturated rings. The van der Waals surface area contributed by atoms with Gasteiger partial charge in [0.2, 0.25) is 0 Å². The van der Waals surface area contributed by atoms with Crippen LogP contribution in [0.1, 0.15) is 16.8 Å². The van der Waals surface area contributed by atoms with Crippen LogP contribution in [0.25, 0.3) is 0 Å². The normalized spacial score (nSPS) is 26.6. The third kappa shape index (κ3) is 1.47. The highest BCUT2D eigenvalue weighted by Gasteiger charge is 2.51. The van der Waals surface area contributed by atoms with Crippen LogP contribution in [0, 0.1) is 0 Å². The number of carbonyl (C=O) groups is 3. The molecule has 0 radical (unpaired) electrons.